The number of anilines is 2. The SMILES string of the molecule is COC(=O)c1ccnc(NCCCC(=O)NC2CC2)c1N. The third kappa shape index (κ3) is 4.34. The minimum absolute atomic E-state index is 0.0727. The number of nitrogens with one attached hydrogen (secondary N) is 2. The topological polar surface area (TPSA) is 106 Å². The summed E-state index contributed by atoms with van der Waals surface area (Å²) in [4.78, 5) is 27.1. The maximum Gasteiger partial charge on any atom is 0.340 e. The molecule has 0 saturated heterocycles. The van der Waals surface area contributed by atoms with Crippen molar-refractivity contribution in [1.82, 2.24) is 10.3 Å². The highest BCUT2D eigenvalue weighted by molar-refractivity contribution is 5.97. The summed E-state index contributed by atoms with van der Waals surface area (Å²) in [7, 11) is 1.30. The maximum absolute atomic E-state index is 11.5. The summed E-state index contributed by atoms with van der Waals surface area (Å²) >= 11 is 0. The number of nitrogen functional groups attached to an aromatic ring is 1. The van der Waals surface area contributed by atoms with Crippen LogP contribution in [0.3, 0.4) is 0 Å². The molecule has 0 spiro atoms. The minimum Gasteiger partial charge on any atom is -0.465 e. The highest BCUT2D eigenvalue weighted by atomic mass is 16.5. The van der Waals surface area contributed by atoms with Crippen LogP contribution in [-0.4, -0.2) is 36.6 Å². The molecule has 1 aromatic heterocycles. The highest BCUT2D eigenvalue weighted by Crippen LogP contribution is 2.21. The highest BCUT2D eigenvalue weighted by Gasteiger charge is 2.22. The standard InChI is InChI=1S/C14H20N4O3/c1-21-14(20)10-6-8-17-13(12(10)15)16-7-2-3-11(19)18-9-4-5-9/h6,8-9H,2-5,7,15H2,1H3,(H,16,17)(H,18,19). The third-order valence-corrected chi connectivity index (χ3v) is 3.21. The van der Waals surface area contributed by atoms with E-state index in [1.54, 1.807) is 0 Å². The van der Waals surface area contributed by atoms with E-state index in [0.29, 0.717) is 31.2 Å². The molecule has 1 amide bonds. The number of carbonyl (C=O) groups excluding carboxylic acids is 2. The summed E-state index contributed by atoms with van der Waals surface area (Å²) in [5.74, 6) is 0.00537. The first kappa shape index (κ1) is 15.1. The van der Waals surface area contributed by atoms with Crippen LogP contribution in [0.15, 0.2) is 12.3 Å². The van der Waals surface area contributed by atoms with Gasteiger partial charge in [0, 0.05) is 25.2 Å². The summed E-state index contributed by atoms with van der Waals surface area (Å²) < 4.78 is 4.64. The Morgan fingerprint density at radius 3 is 2.90 bits per heavy atom. The maximum atomic E-state index is 11.5. The van der Waals surface area contributed by atoms with E-state index in [4.69, 9.17) is 5.73 Å². The van der Waals surface area contributed by atoms with Crippen LogP contribution in [0.2, 0.25) is 0 Å². The van der Waals surface area contributed by atoms with Crippen LogP contribution in [-0.2, 0) is 9.53 Å². The Balaban J connectivity index is 1.79. The van der Waals surface area contributed by atoms with E-state index < -0.39 is 5.97 Å². The van der Waals surface area contributed by atoms with Crippen molar-refractivity contribution in [3.63, 3.8) is 0 Å². The van der Waals surface area contributed by atoms with Gasteiger partial charge in [-0.3, -0.25) is 4.79 Å². The number of methoxy groups -OCH3 is 1. The predicted molar refractivity (Wildman–Crippen MR) is 78.9 cm³/mol. The first-order valence-electron chi connectivity index (χ1n) is 6.98. The number of nitrogens with zero attached hydrogens (tertiary/aromatic N) is 1. The lowest BCUT2D eigenvalue weighted by Crippen LogP contribution is -2.25. The first-order valence-corrected chi connectivity index (χ1v) is 6.98. The molecule has 0 atom stereocenters. The van der Waals surface area contributed by atoms with Crippen LogP contribution < -0.4 is 16.4 Å². The van der Waals surface area contributed by atoms with Crippen molar-refractivity contribution in [2.45, 2.75) is 31.7 Å². The van der Waals surface area contributed by atoms with E-state index >= 15 is 0 Å². The average molecular weight is 292 g/mol. The van der Waals surface area contributed by atoms with Gasteiger partial charge in [-0.1, -0.05) is 0 Å². The zero-order valence-electron chi connectivity index (χ0n) is 12.0. The number of hydrogen-bond acceptors (Lipinski definition) is 6. The van der Waals surface area contributed by atoms with Crippen LogP contribution in [0.5, 0.6) is 0 Å². The van der Waals surface area contributed by atoms with Gasteiger partial charge in [0.15, 0.2) is 0 Å². The summed E-state index contributed by atoms with van der Waals surface area (Å²) in [6, 6.07) is 1.90. The predicted octanol–water partition coefficient (Wildman–Crippen LogP) is 0.921. The number of ether oxygens (including phenoxy) is 1. The molecule has 1 aliphatic carbocycles. The monoisotopic (exact) mass is 292 g/mol. The van der Waals surface area contributed by atoms with E-state index in [-0.39, 0.29) is 17.2 Å². The summed E-state index contributed by atoms with van der Waals surface area (Å²) in [6.07, 6.45) is 4.79. The average Bonchev–Trinajstić information content (AvgIpc) is 3.28. The quantitative estimate of drug-likeness (QED) is 0.509. The normalized spacial score (nSPS) is 13.6. The molecule has 7 heteroatoms. The van der Waals surface area contributed by atoms with Crippen LogP contribution in [0.1, 0.15) is 36.0 Å². The van der Waals surface area contributed by atoms with Crippen LogP contribution in [0.25, 0.3) is 0 Å². The fourth-order valence-corrected chi connectivity index (χ4v) is 1.89. The molecule has 0 radical (unpaired) electrons. The molecule has 21 heavy (non-hydrogen) atoms. The summed E-state index contributed by atoms with van der Waals surface area (Å²) in [5.41, 5.74) is 6.41. The van der Waals surface area contributed by atoms with Gasteiger partial charge in [0.1, 0.15) is 5.82 Å². The van der Waals surface area contributed by atoms with Gasteiger partial charge in [-0.05, 0) is 25.3 Å². The first-order chi connectivity index (χ1) is 10.1. The van der Waals surface area contributed by atoms with Crippen molar-refractivity contribution >= 4 is 23.4 Å². The molecule has 0 aliphatic heterocycles. The zero-order valence-corrected chi connectivity index (χ0v) is 12.0. The Bertz CT molecular complexity index is 529. The number of amides is 1. The van der Waals surface area contributed by atoms with E-state index in [1.165, 1.54) is 19.4 Å². The van der Waals surface area contributed by atoms with Gasteiger partial charge >= 0.3 is 5.97 Å². The Labute approximate surface area is 123 Å². The molecule has 1 fully saturated rings. The van der Waals surface area contributed by atoms with Gasteiger partial charge in [-0.2, -0.15) is 0 Å². The molecular weight excluding hydrogens is 272 g/mol. The Hall–Kier alpha value is -2.31. The fourth-order valence-electron chi connectivity index (χ4n) is 1.89. The van der Waals surface area contributed by atoms with Gasteiger partial charge in [0.25, 0.3) is 0 Å². The number of aromatic nitrogens is 1. The van der Waals surface area contributed by atoms with Crippen molar-refractivity contribution in [2.75, 3.05) is 24.7 Å². The molecule has 0 unspecified atom stereocenters. The number of hydrogen-bond donors (Lipinski definition) is 3. The summed E-state index contributed by atoms with van der Waals surface area (Å²) in [6.45, 7) is 0.555. The van der Waals surface area contributed by atoms with E-state index in [0.717, 1.165) is 12.8 Å². The lowest BCUT2D eigenvalue weighted by atomic mass is 10.2. The van der Waals surface area contributed by atoms with Crippen molar-refractivity contribution in [2.24, 2.45) is 0 Å². The largest absolute Gasteiger partial charge is 0.465 e. The molecule has 4 N–H and O–H groups in total. The molecule has 0 aromatic carbocycles. The number of rotatable bonds is 7. The van der Waals surface area contributed by atoms with Crippen LogP contribution >= 0.6 is 0 Å². The van der Waals surface area contributed by atoms with Crippen LogP contribution in [0, 0.1) is 0 Å². The van der Waals surface area contributed by atoms with E-state index in [2.05, 4.69) is 20.4 Å². The fraction of sp³-hybridized carbons (Fsp3) is 0.500. The smallest absolute Gasteiger partial charge is 0.340 e. The molecule has 1 aliphatic rings. The molecule has 1 saturated carbocycles. The van der Waals surface area contributed by atoms with Crippen molar-refractivity contribution in [1.29, 1.82) is 0 Å². The molecule has 7 nitrogen and oxygen atoms in total. The lowest BCUT2D eigenvalue weighted by molar-refractivity contribution is -0.121. The second kappa shape index (κ2) is 6.92. The second-order valence-corrected chi connectivity index (χ2v) is 4.98. The Morgan fingerprint density at radius 2 is 2.24 bits per heavy atom. The zero-order chi connectivity index (χ0) is 15.2. The van der Waals surface area contributed by atoms with E-state index in [1.807, 2.05) is 0 Å². The van der Waals surface area contributed by atoms with Crippen molar-refractivity contribution in [3.05, 3.63) is 17.8 Å². The van der Waals surface area contributed by atoms with Gasteiger partial charge in [0.05, 0.1) is 18.4 Å². The number of carbonyl (C=O) groups is 2. The Morgan fingerprint density at radius 1 is 1.48 bits per heavy atom. The van der Waals surface area contributed by atoms with Gasteiger partial charge in [-0.15, -0.1) is 0 Å². The molecule has 114 valence electrons. The summed E-state index contributed by atoms with van der Waals surface area (Å²) in [5, 5.41) is 5.96. The number of pyridine rings is 1. The lowest BCUT2D eigenvalue weighted by Gasteiger charge is -2.10. The molecular formula is C14H20N4O3. The van der Waals surface area contributed by atoms with Gasteiger partial charge in [0.2, 0.25) is 5.91 Å². The second-order valence-electron chi connectivity index (χ2n) is 4.98. The molecule has 0 bridgehead atoms. The number of nitrogens with two attached hydrogens (primary N) is 1. The minimum atomic E-state index is -0.498. The van der Waals surface area contributed by atoms with Gasteiger partial charge < -0.3 is 21.1 Å². The molecule has 2 rings (SSSR count). The van der Waals surface area contributed by atoms with E-state index in [9.17, 15) is 9.59 Å². The number of esters is 1. The van der Waals surface area contributed by atoms with Crippen LogP contribution in [0.4, 0.5) is 11.5 Å². The molecule has 1 heterocycles. The third-order valence-electron chi connectivity index (χ3n) is 3.21. The molecule has 1 aromatic rings. The van der Waals surface area contributed by atoms with Crippen molar-refractivity contribution in [3.8, 4) is 0 Å². The van der Waals surface area contributed by atoms with Gasteiger partial charge in [-0.25, -0.2) is 9.78 Å². The Kier molecular flexibility index (Phi) is 4.97. The van der Waals surface area contributed by atoms with Crippen molar-refractivity contribution < 1.29 is 14.3 Å².